The second-order valence-corrected chi connectivity index (χ2v) is 6.58. The Bertz CT molecular complexity index is 856. The van der Waals surface area contributed by atoms with E-state index in [1.807, 2.05) is 31.2 Å². The van der Waals surface area contributed by atoms with Crippen LogP contribution in [0.3, 0.4) is 0 Å². The van der Waals surface area contributed by atoms with E-state index in [0.29, 0.717) is 16.4 Å². The number of H-pyrrole nitrogens is 1. The van der Waals surface area contributed by atoms with Crippen LogP contribution in [0, 0.1) is 0 Å². The van der Waals surface area contributed by atoms with Gasteiger partial charge < -0.3 is 16.0 Å². The number of benzene rings is 2. The molecule has 24 heavy (non-hydrogen) atoms. The molecular formula is C17H16N4O2S. The smallest absolute Gasteiger partial charge is 0.248 e. The second kappa shape index (κ2) is 6.76. The number of nitrogens with one attached hydrogen (secondary N) is 2. The van der Waals surface area contributed by atoms with Crippen LogP contribution >= 0.6 is 11.8 Å². The highest BCUT2D eigenvalue weighted by Gasteiger charge is 2.17. The van der Waals surface area contributed by atoms with Crippen LogP contribution in [0.5, 0.6) is 0 Å². The Labute approximate surface area is 142 Å². The maximum absolute atomic E-state index is 12.3. The topological polar surface area (TPSA) is 101 Å². The van der Waals surface area contributed by atoms with Crippen molar-refractivity contribution in [3.05, 3.63) is 54.1 Å². The van der Waals surface area contributed by atoms with Gasteiger partial charge in [0.15, 0.2) is 5.16 Å². The van der Waals surface area contributed by atoms with Gasteiger partial charge in [0.1, 0.15) is 0 Å². The minimum atomic E-state index is -0.498. The summed E-state index contributed by atoms with van der Waals surface area (Å²) in [6.45, 7) is 1.81. The molecule has 2 aromatic carbocycles. The van der Waals surface area contributed by atoms with Crippen molar-refractivity contribution in [2.24, 2.45) is 5.73 Å². The van der Waals surface area contributed by atoms with Crippen LogP contribution in [0.4, 0.5) is 5.69 Å². The van der Waals surface area contributed by atoms with Gasteiger partial charge in [-0.15, -0.1) is 0 Å². The molecule has 1 atom stereocenters. The molecule has 0 bridgehead atoms. The number of amides is 2. The van der Waals surface area contributed by atoms with Gasteiger partial charge in [-0.2, -0.15) is 0 Å². The number of anilines is 1. The Hall–Kier alpha value is -2.80. The fourth-order valence-electron chi connectivity index (χ4n) is 2.17. The van der Waals surface area contributed by atoms with E-state index in [9.17, 15) is 9.59 Å². The molecule has 0 aliphatic rings. The number of nitrogens with two attached hydrogens (primary N) is 1. The molecule has 0 radical (unpaired) electrons. The molecule has 0 fully saturated rings. The molecule has 3 rings (SSSR count). The van der Waals surface area contributed by atoms with Crippen LogP contribution < -0.4 is 11.1 Å². The first-order valence-corrected chi connectivity index (χ1v) is 8.23. The lowest BCUT2D eigenvalue weighted by Crippen LogP contribution is -2.22. The third-order valence-corrected chi connectivity index (χ3v) is 4.45. The van der Waals surface area contributed by atoms with Crippen LogP contribution in [-0.4, -0.2) is 27.0 Å². The number of fused-ring (bicyclic) bond motifs is 1. The number of carbonyl (C=O) groups is 2. The summed E-state index contributed by atoms with van der Waals surface area (Å²) in [4.78, 5) is 31.0. The molecule has 2 amide bonds. The number of carbonyl (C=O) groups excluding carboxylic acids is 2. The first-order valence-electron chi connectivity index (χ1n) is 7.35. The monoisotopic (exact) mass is 340 g/mol. The van der Waals surface area contributed by atoms with Gasteiger partial charge in [-0.3, -0.25) is 9.59 Å². The molecule has 122 valence electrons. The van der Waals surface area contributed by atoms with E-state index in [4.69, 9.17) is 5.73 Å². The number of primary amides is 1. The summed E-state index contributed by atoms with van der Waals surface area (Å²) in [5, 5.41) is 3.17. The van der Waals surface area contributed by atoms with Crippen LogP contribution in [0.25, 0.3) is 11.0 Å². The third-order valence-electron chi connectivity index (χ3n) is 3.46. The predicted octanol–water partition coefficient (Wildman–Crippen LogP) is 2.78. The maximum atomic E-state index is 12.3. The van der Waals surface area contributed by atoms with Gasteiger partial charge >= 0.3 is 0 Å². The van der Waals surface area contributed by atoms with Crippen molar-refractivity contribution in [2.75, 3.05) is 5.32 Å². The first kappa shape index (κ1) is 16.1. The fraction of sp³-hybridized carbons (Fsp3) is 0.118. The van der Waals surface area contributed by atoms with Gasteiger partial charge in [-0.05, 0) is 43.3 Å². The fourth-order valence-corrected chi connectivity index (χ4v) is 2.99. The first-order chi connectivity index (χ1) is 11.5. The van der Waals surface area contributed by atoms with Crippen molar-refractivity contribution in [3.63, 3.8) is 0 Å². The summed E-state index contributed by atoms with van der Waals surface area (Å²) in [6, 6.07) is 14.2. The number of hydrogen-bond acceptors (Lipinski definition) is 4. The zero-order valence-corrected chi connectivity index (χ0v) is 13.8. The molecule has 1 aromatic heterocycles. The Morgan fingerprint density at radius 2 is 1.88 bits per heavy atom. The average Bonchev–Trinajstić information content (AvgIpc) is 2.97. The quantitative estimate of drug-likeness (QED) is 0.622. The molecule has 1 unspecified atom stereocenters. The summed E-state index contributed by atoms with van der Waals surface area (Å²) in [5.41, 5.74) is 8.01. The molecule has 1 heterocycles. The molecule has 0 saturated carbocycles. The number of nitrogens with zero attached hydrogens (tertiary/aromatic N) is 1. The highest BCUT2D eigenvalue weighted by molar-refractivity contribution is 8.00. The number of thioether (sulfide) groups is 1. The Morgan fingerprint density at radius 1 is 1.17 bits per heavy atom. The summed E-state index contributed by atoms with van der Waals surface area (Å²) >= 11 is 1.35. The van der Waals surface area contributed by atoms with Crippen molar-refractivity contribution in [3.8, 4) is 0 Å². The molecule has 6 nitrogen and oxygen atoms in total. The summed E-state index contributed by atoms with van der Waals surface area (Å²) < 4.78 is 0. The second-order valence-electron chi connectivity index (χ2n) is 5.25. The summed E-state index contributed by atoms with van der Waals surface area (Å²) in [7, 11) is 0. The lowest BCUT2D eigenvalue weighted by atomic mass is 10.2. The van der Waals surface area contributed by atoms with Crippen molar-refractivity contribution < 1.29 is 9.59 Å². The molecule has 7 heteroatoms. The largest absolute Gasteiger partial charge is 0.366 e. The minimum absolute atomic E-state index is 0.146. The van der Waals surface area contributed by atoms with Crippen LogP contribution in [0.2, 0.25) is 0 Å². The number of imidazole rings is 1. The van der Waals surface area contributed by atoms with Crippen molar-refractivity contribution in [1.29, 1.82) is 0 Å². The van der Waals surface area contributed by atoms with Crippen LogP contribution in [0.1, 0.15) is 17.3 Å². The van der Waals surface area contributed by atoms with Crippen molar-refractivity contribution in [2.45, 2.75) is 17.3 Å². The highest BCUT2D eigenvalue weighted by Crippen LogP contribution is 2.24. The highest BCUT2D eigenvalue weighted by atomic mass is 32.2. The van der Waals surface area contributed by atoms with E-state index in [1.54, 1.807) is 24.3 Å². The lowest BCUT2D eigenvalue weighted by molar-refractivity contribution is -0.115. The number of aromatic nitrogens is 2. The van der Waals surface area contributed by atoms with Gasteiger partial charge in [-0.25, -0.2) is 4.98 Å². The molecule has 0 aliphatic carbocycles. The zero-order chi connectivity index (χ0) is 17.1. The third kappa shape index (κ3) is 3.57. The van der Waals surface area contributed by atoms with Gasteiger partial charge in [-0.1, -0.05) is 23.9 Å². The van der Waals surface area contributed by atoms with Gasteiger partial charge in [0.05, 0.1) is 16.3 Å². The Balaban J connectivity index is 1.64. The summed E-state index contributed by atoms with van der Waals surface area (Å²) in [5.74, 6) is -0.644. The van der Waals surface area contributed by atoms with Crippen LogP contribution in [0.15, 0.2) is 53.7 Å². The van der Waals surface area contributed by atoms with E-state index < -0.39 is 5.91 Å². The van der Waals surface area contributed by atoms with Crippen molar-refractivity contribution >= 4 is 40.3 Å². The van der Waals surface area contributed by atoms with Gasteiger partial charge in [0, 0.05) is 11.3 Å². The van der Waals surface area contributed by atoms with E-state index in [0.717, 1.165) is 11.0 Å². The van der Waals surface area contributed by atoms with E-state index >= 15 is 0 Å². The molecule has 4 N–H and O–H groups in total. The van der Waals surface area contributed by atoms with E-state index in [2.05, 4.69) is 15.3 Å². The number of hydrogen-bond donors (Lipinski definition) is 3. The van der Waals surface area contributed by atoms with E-state index in [1.165, 1.54) is 11.8 Å². The molecule has 0 spiro atoms. The number of aromatic amines is 1. The molecule has 0 aliphatic heterocycles. The lowest BCUT2D eigenvalue weighted by Gasteiger charge is -2.10. The van der Waals surface area contributed by atoms with E-state index in [-0.39, 0.29) is 11.2 Å². The number of rotatable bonds is 5. The standard InChI is InChI=1S/C17H16N4O2S/c1-10(24-17-20-13-4-2-3-5-14(13)21-17)16(23)19-12-8-6-11(7-9-12)15(18)22/h2-10H,1H3,(H2,18,22)(H,19,23)(H,20,21). The van der Waals surface area contributed by atoms with Gasteiger partial charge in [0.25, 0.3) is 0 Å². The Kier molecular flexibility index (Phi) is 4.52. The molecule has 0 saturated heterocycles. The van der Waals surface area contributed by atoms with Crippen LogP contribution in [-0.2, 0) is 4.79 Å². The normalized spacial score (nSPS) is 12.0. The SMILES string of the molecule is CC(Sc1nc2ccccc2[nH]1)C(=O)Nc1ccc(C(N)=O)cc1. The zero-order valence-electron chi connectivity index (χ0n) is 12.9. The maximum Gasteiger partial charge on any atom is 0.248 e. The predicted molar refractivity (Wildman–Crippen MR) is 95.0 cm³/mol. The average molecular weight is 340 g/mol. The minimum Gasteiger partial charge on any atom is -0.366 e. The number of para-hydroxylation sites is 2. The van der Waals surface area contributed by atoms with Gasteiger partial charge in [0.2, 0.25) is 11.8 Å². The Morgan fingerprint density at radius 3 is 2.54 bits per heavy atom. The molecular weight excluding hydrogens is 324 g/mol. The molecule has 3 aromatic rings. The van der Waals surface area contributed by atoms with Crippen molar-refractivity contribution in [1.82, 2.24) is 9.97 Å². The summed E-state index contributed by atoms with van der Waals surface area (Å²) in [6.07, 6.45) is 0.